The van der Waals surface area contributed by atoms with Gasteiger partial charge in [-0.3, -0.25) is 4.79 Å². The predicted octanol–water partition coefficient (Wildman–Crippen LogP) is 1.87. The van der Waals surface area contributed by atoms with E-state index in [0.717, 1.165) is 11.4 Å². The Morgan fingerprint density at radius 1 is 1.45 bits per heavy atom. The van der Waals surface area contributed by atoms with Crippen LogP contribution in [0, 0.1) is 11.8 Å². The lowest BCUT2D eigenvalue weighted by Gasteiger charge is -2.43. The van der Waals surface area contributed by atoms with Gasteiger partial charge < -0.3 is 15.4 Å². The molecule has 2 aliphatic rings. The number of hydrogen-bond acceptors (Lipinski definition) is 4. The summed E-state index contributed by atoms with van der Waals surface area (Å²) in [4.78, 5) is 18.5. The van der Waals surface area contributed by atoms with E-state index in [1.807, 2.05) is 11.0 Å². The minimum absolute atomic E-state index is 0.0638. The number of ether oxygens (including phenoxy) is 1. The normalized spacial score (nSPS) is 29.0. The Balaban J connectivity index is 2.11. The van der Waals surface area contributed by atoms with E-state index >= 15 is 0 Å². The second kappa shape index (κ2) is 4.74. The second-order valence-electron chi connectivity index (χ2n) is 5.86. The van der Waals surface area contributed by atoms with Crippen LogP contribution in [0.15, 0.2) is 12.1 Å². The zero-order chi connectivity index (χ0) is 14.4. The first kappa shape index (κ1) is 13.4. The highest BCUT2D eigenvalue weighted by Gasteiger charge is 2.47. The number of rotatable bonds is 2. The minimum atomic E-state index is -0.152. The van der Waals surface area contributed by atoms with Crippen molar-refractivity contribution in [1.82, 2.24) is 4.98 Å². The summed E-state index contributed by atoms with van der Waals surface area (Å²) in [6, 6.07) is 3.75. The van der Waals surface area contributed by atoms with Gasteiger partial charge in [0.2, 0.25) is 11.8 Å². The molecule has 2 N–H and O–H groups in total. The van der Waals surface area contributed by atoms with E-state index in [-0.39, 0.29) is 23.9 Å². The fourth-order valence-corrected chi connectivity index (χ4v) is 3.33. The maximum absolute atomic E-state index is 12.1. The lowest BCUT2D eigenvalue weighted by atomic mass is 9.83. The first-order valence-electron chi connectivity index (χ1n) is 7.15. The Morgan fingerprint density at radius 2 is 2.15 bits per heavy atom. The van der Waals surface area contributed by atoms with E-state index in [9.17, 15) is 4.79 Å². The predicted molar refractivity (Wildman–Crippen MR) is 76.6 cm³/mol. The van der Waals surface area contributed by atoms with Gasteiger partial charge in [-0.25, -0.2) is 4.98 Å². The van der Waals surface area contributed by atoms with Crippen LogP contribution in [-0.2, 0) is 4.79 Å². The van der Waals surface area contributed by atoms with Crippen LogP contribution < -0.4 is 15.4 Å². The van der Waals surface area contributed by atoms with Gasteiger partial charge in [-0.1, -0.05) is 6.92 Å². The average molecular weight is 275 g/mol. The second-order valence-corrected chi connectivity index (χ2v) is 5.86. The van der Waals surface area contributed by atoms with Crippen molar-refractivity contribution in [3.63, 3.8) is 0 Å². The molecule has 0 radical (unpaired) electrons. The average Bonchev–Trinajstić information content (AvgIpc) is 3.26. The fourth-order valence-electron chi connectivity index (χ4n) is 3.33. The quantitative estimate of drug-likeness (QED) is 0.894. The SMILES string of the molecule is COc1ccc2c(n1)[C@H](N)C(C)C(C1CC1)N2C(C)=O. The topological polar surface area (TPSA) is 68.5 Å². The van der Waals surface area contributed by atoms with Crippen molar-refractivity contribution < 1.29 is 9.53 Å². The van der Waals surface area contributed by atoms with Crippen LogP contribution >= 0.6 is 0 Å². The molecular formula is C15H21N3O2. The first-order chi connectivity index (χ1) is 9.54. The fraction of sp³-hybridized carbons (Fsp3) is 0.600. The zero-order valence-electron chi connectivity index (χ0n) is 12.2. The van der Waals surface area contributed by atoms with Gasteiger partial charge in [0.05, 0.1) is 24.5 Å². The number of fused-ring (bicyclic) bond motifs is 1. The Kier molecular flexibility index (Phi) is 3.17. The number of amides is 1. The number of aromatic nitrogens is 1. The largest absolute Gasteiger partial charge is 0.481 e. The highest BCUT2D eigenvalue weighted by atomic mass is 16.5. The van der Waals surface area contributed by atoms with E-state index in [1.54, 1.807) is 20.1 Å². The van der Waals surface area contributed by atoms with Crippen LogP contribution in [0.5, 0.6) is 5.88 Å². The Bertz CT molecular complexity index is 542. The lowest BCUT2D eigenvalue weighted by Crippen LogP contribution is -2.51. The summed E-state index contributed by atoms with van der Waals surface area (Å²) >= 11 is 0. The van der Waals surface area contributed by atoms with Gasteiger partial charge in [-0.15, -0.1) is 0 Å². The zero-order valence-corrected chi connectivity index (χ0v) is 12.2. The van der Waals surface area contributed by atoms with Crippen LogP contribution in [0.1, 0.15) is 38.4 Å². The minimum Gasteiger partial charge on any atom is -0.481 e. The van der Waals surface area contributed by atoms with Crippen molar-refractivity contribution in [2.45, 2.75) is 38.8 Å². The molecule has 2 unspecified atom stereocenters. The van der Waals surface area contributed by atoms with E-state index in [1.165, 1.54) is 12.8 Å². The molecular weight excluding hydrogens is 254 g/mol. The maximum Gasteiger partial charge on any atom is 0.224 e. The molecule has 0 spiro atoms. The van der Waals surface area contributed by atoms with E-state index < -0.39 is 0 Å². The highest BCUT2D eigenvalue weighted by Crippen LogP contribution is 2.48. The van der Waals surface area contributed by atoms with Crippen molar-refractivity contribution >= 4 is 11.6 Å². The van der Waals surface area contributed by atoms with Crippen LogP contribution in [-0.4, -0.2) is 24.0 Å². The highest BCUT2D eigenvalue weighted by molar-refractivity contribution is 5.93. The molecule has 5 nitrogen and oxygen atoms in total. The number of nitrogens with two attached hydrogens (primary N) is 1. The molecule has 2 heterocycles. The number of carbonyl (C=O) groups excluding carboxylic acids is 1. The van der Waals surface area contributed by atoms with Gasteiger partial charge in [0.25, 0.3) is 0 Å². The summed E-state index contributed by atoms with van der Waals surface area (Å²) in [6.45, 7) is 3.74. The maximum atomic E-state index is 12.1. The molecule has 0 bridgehead atoms. The smallest absolute Gasteiger partial charge is 0.224 e. The first-order valence-corrected chi connectivity index (χ1v) is 7.15. The van der Waals surface area contributed by atoms with Crippen molar-refractivity contribution in [3.05, 3.63) is 17.8 Å². The molecule has 3 rings (SSSR count). The van der Waals surface area contributed by atoms with Crippen LogP contribution in [0.3, 0.4) is 0 Å². The Morgan fingerprint density at radius 3 is 2.70 bits per heavy atom. The summed E-state index contributed by atoms with van der Waals surface area (Å²) < 4.78 is 5.18. The van der Waals surface area contributed by atoms with Crippen molar-refractivity contribution in [3.8, 4) is 5.88 Å². The number of pyridine rings is 1. The van der Waals surface area contributed by atoms with Gasteiger partial charge in [0.1, 0.15) is 0 Å². The summed E-state index contributed by atoms with van der Waals surface area (Å²) in [6.07, 6.45) is 2.37. The van der Waals surface area contributed by atoms with E-state index in [2.05, 4.69) is 11.9 Å². The molecule has 3 atom stereocenters. The van der Waals surface area contributed by atoms with Gasteiger partial charge in [-0.2, -0.15) is 0 Å². The summed E-state index contributed by atoms with van der Waals surface area (Å²) in [5, 5.41) is 0. The summed E-state index contributed by atoms with van der Waals surface area (Å²) in [7, 11) is 1.59. The van der Waals surface area contributed by atoms with E-state index in [4.69, 9.17) is 10.5 Å². The summed E-state index contributed by atoms with van der Waals surface area (Å²) in [5.41, 5.74) is 7.99. The van der Waals surface area contributed by atoms with Crippen molar-refractivity contribution in [2.75, 3.05) is 12.0 Å². The molecule has 1 amide bonds. The van der Waals surface area contributed by atoms with Crippen LogP contribution in [0.4, 0.5) is 5.69 Å². The molecule has 1 fully saturated rings. The van der Waals surface area contributed by atoms with Gasteiger partial charge >= 0.3 is 0 Å². The Hall–Kier alpha value is -1.62. The molecule has 20 heavy (non-hydrogen) atoms. The van der Waals surface area contributed by atoms with Gasteiger partial charge in [-0.05, 0) is 30.7 Å². The number of hydrogen-bond donors (Lipinski definition) is 1. The number of anilines is 1. The molecule has 1 aliphatic heterocycles. The van der Waals surface area contributed by atoms with Gasteiger partial charge in [0.15, 0.2) is 0 Å². The standard InChI is InChI=1S/C15H21N3O2/c1-8-13(16)14-11(6-7-12(17-14)20-3)18(9(2)19)15(8)10-4-5-10/h6-8,10,13,15H,4-5,16H2,1-3H3/t8?,13-,15?/m1/s1. The Labute approximate surface area is 119 Å². The lowest BCUT2D eigenvalue weighted by molar-refractivity contribution is -0.117. The molecule has 1 aliphatic carbocycles. The third kappa shape index (κ3) is 1.97. The monoisotopic (exact) mass is 275 g/mol. The molecule has 1 aromatic rings. The third-order valence-corrected chi connectivity index (χ3v) is 4.51. The third-order valence-electron chi connectivity index (χ3n) is 4.51. The number of carbonyl (C=O) groups is 1. The van der Waals surface area contributed by atoms with Crippen molar-refractivity contribution in [2.24, 2.45) is 17.6 Å². The molecule has 1 saturated carbocycles. The molecule has 0 saturated heterocycles. The van der Waals surface area contributed by atoms with Crippen LogP contribution in [0.25, 0.3) is 0 Å². The number of nitrogens with zero attached hydrogens (tertiary/aromatic N) is 2. The number of methoxy groups -OCH3 is 1. The molecule has 1 aromatic heterocycles. The molecule has 5 heteroatoms. The van der Waals surface area contributed by atoms with E-state index in [0.29, 0.717) is 11.8 Å². The molecule has 108 valence electrons. The van der Waals surface area contributed by atoms with Crippen LogP contribution in [0.2, 0.25) is 0 Å². The summed E-state index contributed by atoms with van der Waals surface area (Å²) in [5.74, 6) is 1.39. The van der Waals surface area contributed by atoms with Gasteiger partial charge in [0, 0.05) is 19.0 Å². The van der Waals surface area contributed by atoms with Crippen molar-refractivity contribution in [1.29, 1.82) is 0 Å². The molecule has 0 aromatic carbocycles.